The van der Waals surface area contributed by atoms with Crippen molar-refractivity contribution in [1.82, 2.24) is 9.80 Å². The van der Waals surface area contributed by atoms with E-state index in [0.29, 0.717) is 37.6 Å². The number of ketones is 2. The molecule has 0 amide bonds. The van der Waals surface area contributed by atoms with Gasteiger partial charge in [0.25, 0.3) is 0 Å². The molecule has 176 valence electrons. The number of Topliss-reactive ketones (excluding diaryl/α,β-unsaturated/α-hetero) is 2. The molecule has 0 aromatic carbocycles. The van der Waals surface area contributed by atoms with Crippen LogP contribution >= 0.6 is 0 Å². The zero-order valence-electron chi connectivity index (χ0n) is 19.6. The Bertz CT molecular complexity index is 812. The molecule has 0 fully saturated rings. The minimum Gasteiger partial charge on any atom is -0.494 e. The molecule has 0 saturated carbocycles. The first-order valence-corrected chi connectivity index (χ1v) is 10.4. The quantitative estimate of drug-likeness (QED) is 0.332. The van der Waals surface area contributed by atoms with Crippen LogP contribution in [-0.2, 0) is 26.1 Å². The Morgan fingerprint density at radius 2 is 1.06 bits per heavy atom. The summed E-state index contributed by atoms with van der Waals surface area (Å²) in [6, 6.07) is 0. The fraction of sp³-hybridized carbons (Fsp3) is 0.636. The Balaban J connectivity index is 0.00000480. The molecular weight excluding hydrogens is 443 g/mol. The van der Waals surface area contributed by atoms with Gasteiger partial charge in [-0.3, -0.25) is 19.6 Å². The van der Waals surface area contributed by atoms with Crippen LogP contribution in [0.25, 0.3) is 0 Å². The van der Waals surface area contributed by atoms with Gasteiger partial charge < -0.3 is 20.0 Å². The van der Waals surface area contributed by atoms with Gasteiger partial charge in [0.2, 0.25) is 11.8 Å². The molecule has 0 aromatic rings. The molecule has 0 unspecified atom stereocenters. The molecule has 2 heterocycles. The number of carbonyl (C=O) groups excluding carboxylic acids is 2. The molecule has 2 N–H and O–H groups in total. The number of carbonyl (C=O) groups is 2. The smallest absolute Gasteiger partial charge is 0.200 e. The summed E-state index contributed by atoms with van der Waals surface area (Å²) < 4.78 is 0. The third-order valence-electron chi connectivity index (χ3n) is 6.03. The molecule has 0 spiro atoms. The molecule has 0 saturated heterocycles. The molecule has 0 radical (unpaired) electrons. The summed E-state index contributed by atoms with van der Waals surface area (Å²) in [5.74, 6) is -0.392. The predicted molar refractivity (Wildman–Crippen MR) is 118 cm³/mol. The Hall–Kier alpha value is -2.15. The molecule has 31 heavy (non-hydrogen) atoms. The van der Waals surface area contributed by atoms with Crippen LogP contribution < -0.4 is 0 Å². The Kier molecular flexibility index (Phi) is 8.29. The van der Waals surface area contributed by atoms with Gasteiger partial charge in [-0.1, -0.05) is 0 Å². The van der Waals surface area contributed by atoms with Gasteiger partial charge >= 0.3 is 0 Å². The van der Waals surface area contributed by atoms with Crippen LogP contribution in [0.15, 0.2) is 32.9 Å². The van der Waals surface area contributed by atoms with Gasteiger partial charge in [-0.05, 0) is 55.4 Å². The van der Waals surface area contributed by atoms with Crippen molar-refractivity contribution in [3.63, 3.8) is 0 Å². The number of aliphatic hydroxyl groups is 2. The van der Waals surface area contributed by atoms with Crippen molar-refractivity contribution in [1.29, 1.82) is 0 Å². The minimum atomic E-state index is -0.801. The average molecular weight is 477 g/mol. The van der Waals surface area contributed by atoms with Gasteiger partial charge in [0.1, 0.15) is 22.2 Å². The molecule has 2 aliphatic rings. The van der Waals surface area contributed by atoms with Crippen LogP contribution in [0, 0.1) is 0 Å². The second kappa shape index (κ2) is 9.55. The normalized spacial score (nSPS) is 21.4. The van der Waals surface area contributed by atoms with Gasteiger partial charge in [0, 0.05) is 41.0 Å². The molecular formula is C22H34N4NiO4. The van der Waals surface area contributed by atoms with E-state index in [9.17, 15) is 19.8 Å². The maximum atomic E-state index is 12.7. The number of aliphatic hydroxyl groups excluding tert-OH is 2. The molecule has 0 atom stereocenters. The monoisotopic (exact) mass is 476 g/mol. The van der Waals surface area contributed by atoms with Crippen LogP contribution in [0.2, 0.25) is 0 Å². The average Bonchev–Trinajstić information content (AvgIpc) is 2.93. The number of hydrogen-bond acceptors (Lipinski definition) is 8. The first-order valence-electron chi connectivity index (χ1n) is 10.4. The van der Waals surface area contributed by atoms with Crippen molar-refractivity contribution in [2.45, 2.75) is 66.5 Å². The van der Waals surface area contributed by atoms with E-state index in [2.05, 4.69) is 9.98 Å². The third kappa shape index (κ3) is 4.43. The topological polar surface area (TPSA) is 106 Å². The molecule has 0 aliphatic carbocycles. The fourth-order valence-electron chi connectivity index (χ4n) is 4.20. The predicted octanol–water partition coefficient (Wildman–Crippen LogP) is 2.81. The molecule has 2 rings (SSSR count). The van der Waals surface area contributed by atoms with E-state index in [1.165, 1.54) is 0 Å². The minimum absolute atomic E-state index is 0. The van der Waals surface area contributed by atoms with E-state index < -0.39 is 11.1 Å². The Morgan fingerprint density at radius 3 is 1.29 bits per heavy atom. The summed E-state index contributed by atoms with van der Waals surface area (Å²) in [5.41, 5.74) is -0.184. The van der Waals surface area contributed by atoms with Crippen molar-refractivity contribution in [2.24, 2.45) is 9.98 Å². The van der Waals surface area contributed by atoms with Crippen LogP contribution in [0.5, 0.6) is 0 Å². The van der Waals surface area contributed by atoms with Crippen molar-refractivity contribution in [3.05, 3.63) is 22.9 Å². The second-order valence-electron chi connectivity index (χ2n) is 8.60. The van der Waals surface area contributed by atoms with Crippen molar-refractivity contribution >= 4 is 23.0 Å². The number of rotatable bonds is 7. The van der Waals surface area contributed by atoms with Crippen LogP contribution in [-0.4, -0.2) is 80.3 Å². The second-order valence-corrected chi connectivity index (χ2v) is 8.60. The zero-order chi connectivity index (χ0) is 23.0. The number of nitrogens with zero attached hydrogens (tertiary/aromatic N) is 4. The Labute approximate surface area is 194 Å². The number of hydrogen-bond donors (Lipinski definition) is 2. The zero-order valence-corrected chi connectivity index (χ0v) is 20.6. The summed E-state index contributed by atoms with van der Waals surface area (Å²) in [7, 11) is 0. The SMILES string of the molecule is CCN1C(O)=C(C(C)=NCCN=C(C)C2=C(O)N(CC)C(C)(C)C2=O)C(=O)C1(C)C.[Ni]. The van der Waals surface area contributed by atoms with Gasteiger partial charge in [0.05, 0.1) is 13.1 Å². The summed E-state index contributed by atoms with van der Waals surface area (Å²) in [5, 5.41) is 20.9. The largest absolute Gasteiger partial charge is 0.494 e. The van der Waals surface area contributed by atoms with Crippen LogP contribution in [0.1, 0.15) is 55.4 Å². The van der Waals surface area contributed by atoms with Crippen molar-refractivity contribution in [3.8, 4) is 0 Å². The van der Waals surface area contributed by atoms with Crippen molar-refractivity contribution in [2.75, 3.05) is 26.2 Å². The maximum Gasteiger partial charge on any atom is 0.200 e. The van der Waals surface area contributed by atoms with Gasteiger partial charge in [-0.15, -0.1) is 0 Å². The summed E-state index contributed by atoms with van der Waals surface area (Å²) in [4.78, 5) is 37.6. The Morgan fingerprint density at radius 1 is 0.774 bits per heavy atom. The van der Waals surface area contributed by atoms with Crippen LogP contribution in [0.3, 0.4) is 0 Å². The summed E-state index contributed by atoms with van der Waals surface area (Å²) >= 11 is 0. The standard InChI is InChI=1S/C22H34N4O4.Ni/c1-9-25-19(29)15(17(27)21(25,5)6)13(3)23-11-12-24-14(4)16-18(28)22(7,8)26(10-2)20(16)30;/h29-30H,9-12H2,1-8H3;. The van der Waals surface area contributed by atoms with E-state index in [0.717, 1.165) is 0 Å². The van der Waals surface area contributed by atoms with Gasteiger partial charge in [-0.25, -0.2) is 0 Å². The molecule has 9 heteroatoms. The van der Waals surface area contributed by atoms with E-state index in [1.54, 1.807) is 51.3 Å². The van der Waals surface area contributed by atoms with E-state index >= 15 is 0 Å². The van der Waals surface area contributed by atoms with Gasteiger partial charge in [0.15, 0.2) is 11.6 Å². The molecule has 0 aromatic heterocycles. The van der Waals surface area contributed by atoms with E-state index in [4.69, 9.17) is 0 Å². The fourth-order valence-corrected chi connectivity index (χ4v) is 4.20. The van der Waals surface area contributed by atoms with E-state index in [1.807, 2.05) is 13.8 Å². The summed E-state index contributed by atoms with van der Waals surface area (Å²) in [6.45, 7) is 15.9. The number of aliphatic imine (C=N–C) groups is 2. The first-order chi connectivity index (χ1) is 13.8. The third-order valence-corrected chi connectivity index (χ3v) is 6.03. The molecule has 2 aliphatic heterocycles. The maximum absolute atomic E-state index is 12.7. The first kappa shape index (κ1) is 26.9. The summed E-state index contributed by atoms with van der Waals surface area (Å²) in [6.07, 6.45) is 0. The molecule has 0 bridgehead atoms. The molecule has 8 nitrogen and oxygen atoms in total. The van der Waals surface area contributed by atoms with Gasteiger partial charge in [-0.2, -0.15) is 0 Å². The van der Waals surface area contributed by atoms with Crippen molar-refractivity contribution < 1.29 is 36.3 Å². The van der Waals surface area contributed by atoms with E-state index in [-0.39, 0.29) is 51.0 Å². The number of likely N-dealkylation sites (N-methyl/N-ethyl adjacent to an activating group) is 2. The van der Waals surface area contributed by atoms with Crippen LogP contribution in [0.4, 0.5) is 0 Å².